The predicted molar refractivity (Wildman–Crippen MR) is 84.7 cm³/mol. The molecule has 0 radical (unpaired) electrons. The fourth-order valence-electron chi connectivity index (χ4n) is 3.11. The minimum absolute atomic E-state index is 0.112. The van der Waals surface area contributed by atoms with Crippen LogP contribution < -0.4 is 4.74 Å². The zero-order chi connectivity index (χ0) is 15.0. The van der Waals surface area contributed by atoms with Crippen LogP contribution in [0, 0.1) is 26.7 Å². The van der Waals surface area contributed by atoms with Gasteiger partial charge in [-0.15, -0.1) is 0 Å². The van der Waals surface area contributed by atoms with E-state index in [0.717, 1.165) is 23.3 Å². The highest BCUT2D eigenvalue weighted by atomic mass is 16.5. The van der Waals surface area contributed by atoms with Crippen LogP contribution in [-0.2, 0) is 6.42 Å². The number of fused-ring (bicyclic) bond motifs is 1. The molecule has 2 unspecified atom stereocenters. The Hall–Kier alpha value is -1.80. The summed E-state index contributed by atoms with van der Waals surface area (Å²) in [5.41, 5.74) is 5.88. The Morgan fingerprint density at radius 1 is 1.05 bits per heavy atom. The number of rotatable bonds is 2. The zero-order valence-corrected chi connectivity index (χ0v) is 12.9. The van der Waals surface area contributed by atoms with Gasteiger partial charge in [-0.05, 0) is 61.1 Å². The van der Waals surface area contributed by atoms with Crippen molar-refractivity contribution in [3.05, 3.63) is 64.2 Å². The van der Waals surface area contributed by atoms with E-state index < -0.39 is 6.10 Å². The van der Waals surface area contributed by atoms with Gasteiger partial charge in [-0.2, -0.15) is 0 Å². The van der Waals surface area contributed by atoms with Crippen LogP contribution in [0.3, 0.4) is 0 Å². The molecule has 2 nitrogen and oxygen atoms in total. The van der Waals surface area contributed by atoms with Gasteiger partial charge in [-0.1, -0.05) is 30.3 Å². The van der Waals surface area contributed by atoms with E-state index >= 15 is 0 Å². The van der Waals surface area contributed by atoms with Gasteiger partial charge in [0.1, 0.15) is 5.75 Å². The van der Waals surface area contributed by atoms with Crippen LogP contribution in [0.5, 0.6) is 5.75 Å². The van der Waals surface area contributed by atoms with Gasteiger partial charge >= 0.3 is 0 Å². The van der Waals surface area contributed by atoms with Crippen molar-refractivity contribution in [2.24, 2.45) is 5.92 Å². The third-order valence-electron chi connectivity index (χ3n) is 4.56. The standard InChI is InChI=1S/C19H22O2/c1-12-8-14(3)17(9-13(12)2)19(20)16-10-15-6-4-5-7-18(15)21-11-16/h4-9,16,19-20H,10-11H2,1-3H3. The van der Waals surface area contributed by atoms with Gasteiger partial charge in [0.2, 0.25) is 0 Å². The van der Waals surface area contributed by atoms with Gasteiger partial charge in [0.05, 0.1) is 12.7 Å². The number of aryl methyl sites for hydroxylation is 3. The van der Waals surface area contributed by atoms with E-state index in [1.807, 2.05) is 18.2 Å². The lowest BCUT2D eigenvalue weighted by molar-refractivity contribution is 0.0640. The molecule has 2 atom stereocenters. The zero-order valence-electron chi connectivity index (χ0n) is 12.9. The highest BCUT2D eigenvalue weighted by Gasteiger charge is 2.28. The second-order valence-corrected chi connectivity index (χ2v) is 6.12. The van der Waals surface area contributed by atoms with Crippen LogP contribution in [0.25, 0.3) is 0 Å². The SMILES string of the molecule is Cc1cc(C)c(C(O)C2COc3ccccc3C2)cc1C. The third-order valence-corrected chi connectivity index (χ3v) is 4.56. The van der Waals surface area contributed by atoms with Gasteiger partial charge in [0.25, 0.3) is 0 Å². The number of benzene rings is 2. The number of hydrogen-bond donors (Lipinski definition) is 1. The van der Waals surface area contributed by atoms with E-state index in [0.29, 0.717) is 6.61 Å². The number of hydrogen-bond acceptors (Lipinski definition) is 2. The van der Waals surface area contributed by atoms with Gasteiger partial charge in [-0.25, -0.2) is 0 Å². The first-order chi connectivity index (χ1) is 10.1. The maximum atomic E-state index is 10.8. The highest BCUT2D eigenvalue weighted by molar-refractivity contribution is 5.39. The second kappa shape index (κ2) is 5.53. The molecule has 1 aliphatic rings. The molecule has 0 aromatic heterocycles. The lowest BCUT2D eigenvalue weighted by atomic mass is 9.86. The fraction of sp³-hybridized carbons (Fsp3) is 0.368. The predicted octanol–water partition coefficient (Wildman–Crippen LogP) is 3.90. The highest BCUT2D eigenvalue weighted by Crippen LogP contribution is 2.35. The van der Waals surface area contributed by atoms with Gasteiger partial charge in [-0.3, -0.25) is 0 Å². The summed E-state index contributed by atoms with van der Waals surface area (Å²) < 4.78 is 5.81. The molecule has 0 saturated carbocycles. The van der Waals surface area contributed by atoms with Crippen molar-refractivity contribution < 1.29 is 9.84 Å². The average Bonchev–Trinajstić information content (AvgIpc) is 2.50. The monoisotopic (exact) mass is 282 g/mol. The molecule has 1 aliphatic heterocycles. The molecule has 0 spiro atoms. The lowest BCUT2D eigenvalue weighted by Gasteiger charge is -2.30. The molecule has 0 fully saturated rings. The van der Waals surface area contributed by atoms with Crippen LogP contribution in [-0.4, -0.2) is 11.7 Å². The molecule has 0 saturated heterocycles. The van der Waals surface area contributed by atoms with E-state index in [1.54, 1.807) is 0 Å². The van der Waals surface area contributed by atoms with Crippen molar-refractivity contribution in [1.82, 2.24) is 0 Å². The Morgan fingerprint density at radius 2 is 1.76 bits per heavy atom. The molecule has 0 aliphatic carbocycles. The van der Waals surface area contributed by atoms with Crippen molar-refractivity contribution in [2.45, 2.75) is 33.3 Å². The largest absolute Gasteiger partial charge is 0.493 e. The minimum atomic E-state index is -0.474. The first-order valence-electron chi connectivity index (χ1n) is 7.53. The lowest BCUT2D eigenvalue weighted by Crippen LogP contribution is -2.27. The summed E-state index contributed by atoms with van der Waals surface area (Å²) in [5, 5.41) is 10.8. The van der Waals surface area contributed by atoms with Gasteiger partial charge < -0.3 is 9.84 Å². The van der Waals surface area contributed by atoms with Crippen LogP contribution >= 0.6 is 0 Å². The van der Waals surface area contributed by atoms with E-state index in [4.69, 9.17) is 4.74 Å². The van der Waals surface area contributed by atoms with Crippen molar-refractivity contribution >= 4 is 0 Å². The molecule has 1 heterocycles. The van der Waals surface area contributed by atoms with Crippen LogP contribution in [0.4, 0.5) is 0 Å². The molecule has 0 bridgehead atoms. The number of aliphatic hydroxyl groups is 1. The Kier molecular flexibility index (Phi) is 3.73. The first kappa shape index (κ1) is 14.2. The maximum Gasteiger partial charge on any atom is 0.122 e. The van der Waals surface area contributed by atoms with Crippen molar-refractivity contribution in [3.8, 4) is 5.75 Å². The van der Waals surface area contributed by atoms with Crippen molar-refractivity contribution in [1.29, 1.82) is 0 Å². The van der Waals surface area contributed by atoms with Crippen LogP contribution in [0.2, 0.25) is 0 Å². The summed E-state index contributed by atoms with van der Waals surface area (Å²) in [6, 6.07) is 12.4. The number of ether oxygens (including phenoxy) is 1. The van der Waals surface area contributed by atoms with E-state index in [9.17, 15) is 5.11 Å². The van der Waals surface area contributed by atoms with Gasteiger partial charge in [0.15, 0.2) is 0 Å². The quantitative estimate of drug-likeness (QED) is 0.905. The minimum Gasteiger partial charge on any atom is -0.493 e. The van der Waals surface area contributed by atoms with Crippen LogP contribution in [0.15, 0.2) is 36.4 Å². The molecule has 3 rings (SSSR count). The van der Waals surface area contributed by atoms with E-state index in [2.05, 4.69) is 39.0 Å². The number of para-hydroxylation sites is 1. The molecular weight excluding hydrogens is 260 g/mol. The first-order valence-corrected chi connectivity index (χ1v) is 7.53. The second-order valence-electron chi connectivity index (χ2n) is 6.12. The summed E-state index contributed by atoms with van der Waals surface area (Å²) in [6.45, 7) is 6.85. The molecule has 21 heavy (non-hydrogen) atoms. The summed E-state index contributed by atoms with van der Waals surface area (Å²) in [7, 11) is 0. The fourth-order valence-corrected chi connectivity index (χ4v) is 3.11. The molecule has 2 heteroatoms. The normalized spacial score (nSPS) is 18.8. The Balaban J connectivity index is 1.87. The van der Waals surface area contributed by atoms with E-state index in [-0.39, 0.29) is 5.92 Å². The maximum absolute atomic E-state index is 10.8. The summed E-state index contributed by atoms with van der Waals surface area (Å²) in [6.07, 6.45) is 0.390. The Bertz CT molecular complexity index is 661. The third kappa shape index (κ3) is 2.68. The molecule has 2 aromatic rings. The average molecular weight is 282 g/mol. The number of aliphatic hydroxyl groups excluding tert-OH is 1. The molecule has 110 valence electrons. The Morgan fingerprint density at radius 3 is 2.57 bits per heavy atom. The molecule has 0 amide bonds. The van der Waals surface area contributed by atoms with Crippen molar-refractivity contribution in [3.63, 3.8) is 0 Å². The summed E-state index contributed by atoms with van der Waals surface area (Å²) in [4.78, 5) is 0. The van der Waals surface area contributed by atoms with Gasteiger partial charge in [0, 0.05) is 5.92 Å². The molecular formula is C19H22O2. The molecule has 2 aromatic carbocycles. The molecule has 1 N–H and O–H groups in total. The topological polar surface area (TPSA) is 29.5 Å². The van der Waals surface area contributed by atoms with Crippen molar-refractivity contribution in [2.75, 3.05) is 6.61 Å². The summed E-state index contributed by atoms with van der Waals surface area (Å²) in [5.74, 6) is 1.07. The summed E-state index contributed by atoms with van der Waals surface area (Å²) >= 11 is 0. The van der Waals surface area contributed by atoms with E-state index in [1.165, 1.54) is 16.7 Å². The Labute approximate surface area is 126 Å². The van der Waals surface area contributed by atoms with Crippen LogP contribution in [0.1, 0.15) is 33.9 Å². The smallest absolute Gasteiger partial charge is 0.122 e.